The zero-order valence-electron chi connectivity index (χ0n) is 11.2. The molecular formula is C15H20ClNO2. The first-order valence-corrected chi connectivity index (χ1v) is 7.25. The lowest BCUT2D eigenvalue weighted by molar-refractivity contribution is 0.0916. The fourth-order valence-electron chi connectivity index (χ4n) is 2.73. The quantitative estimate of drug-likeness (QED) is 0.887. The van der Waals surface area contributed by atoms with Crippen molar-refractivity contribution in [3.8, 4) is 5.75 Å². The van der Waals surface area contributed by atoms with Crippen LogP contribution in [-0.2, 0) is 0 Å². The van der Waals surface area contributed by atoms with Gasteiger partial charge < -0.3 is 10.4 Å². The van der Waals surface area contributed by atoms with Gasteiger partial charge in [-0.05, 0) is 43.9 Å². The van der Waals surface area contributed by atoms with E-state index in [2.05, 4.69) is 5.32 Å². The second-order valence-corrected chi connectivity index (χ2v) is 5.76. The van der Waals surface area contributed by atoms with Crippen molar-refractivity contribution < 1.29 is 9.90 Å². The molecule has 1 atom stereocenters. The Labute approximate surface area is 119 Å². The molecule has 1 aromatic carbocycles. The highest BCUT2D eigenvalue weighted by molar-refractivity contribution is 6.31. The van der Waals surface area contributed by atoms with E-state index in [0.717, 1.165) is 0 Å². The van der Waals surface area contributed by atoms with E-state index in [0.29, 0.717) is 10.9 Å². The Hall–Kier alpha value is -1.22. The molecule has 1 fully saturated rings. The predicted octanol–water partition coefficient (Wildman–Crippen LogP) is 3.74. The van der Waals surface area contributed by atoms with Crippen molar-refractivity contribution in [2.45, 2.75) is 45.1 Å². The lowest BCUT2D eigenvalue weighted by Crippen LogP contribution is -2.38. The second kappa shape index (κ2) is 6.29. The molecule has 2 N–H and O–H groups in total. The van der Waals surface area contributed by atoms with E-state index in [-0.39, 0.29) is 23.3 Å². The molecule has 19 heavy (non-hydrogen) atoms. The Balaban J connectivity index is 2.01. The highest BCUT2D eigenvalue weighted by atomic mass is 35.5. The summed E-state index contributed by atoms with van der Waals surface area (Å²) in [7, 11) is 0. The fraction of sp³-hybridized carbons (Fsp3) is 0.533. The summed E-state index contributed by atoms with van der Waals surface area (Å²) in [6, 6.07) is 4.65. The zero-order valence-corrected chi connectivity index (χ0v) is 11.9. The summed E-state index contributed by atoms with van der Waals surface area (Å²) in [6.45, 7) is 2.04. The van der Waals surface area contributed by atoms with Crippen LogP contribution in [0.5, 0.6) is 5.75 Å². The van der Waals surface area contributed by atoms with Crippen LogP contribution in [0.15, 0.2) is 18.2 Å². The van der Waals surface area contributed by atoms with E-state index in [1.54, 1.807) is 6.07 Å². The number of halogens is 1. The van der Waals surface area contributed by atoms with Crippen LogP contribution in [-0.4, -0.2) is 17.1 Å². The summed E-state index contributed by atoms with van der Waals surface area (Å²) in [5.41, 5.74) is 0.246. The Kier molecular flexibility index (Phi) is 4.70. The van der Waals surface area contributed by atoms with Crippen LogP contribution in [0.25, 0.3) is 0 Å². The third kappa shape index (κ3) is 3.63. The van der Waals surface area contributed by atoms with Crippen LogP contribution < -0.4 is 5.32 Å². The predicted molar refractivity (Wildman–Crippen MR) is 76.6 cm³/mol. The molecule has 104 valence electrons. The number of nitrogens with one attached hydrogen (secondary N) is 1. The Morgan fingerprint density at radius 1 is 1.37 bits per heavy atom. The molecular weight excluding hydrogens is 262 g/mol. The van der Waals surface area contributed by atoms with Crippen LogP contribution in [0.1, 0.15) is 49.4 Å². The molecule has 0 aliphatic heterocycles. The number of benzene rings is 1. The van der Waals surface area contributed by atoms with Gasteiger partial charge in [0.25, 0.3) is 5.91 Å². The molecule has 0 aromatic heterocycles. The molecule has 1 saturated carbocycles. The third-order valence-corrected chi connectivity index (χ3v) is 4.15. The first-order chi connectivity index (χ1) is 9.08. The SMILES string of the molecule is CC(NC(=O)c1cc(Cl)ccc1O)C1CCCCC1. The van der Waals surface area contributed by atoms with E-state index in [4.69, 9.17) is 11.6 Å². The summed E-state index contributed by atoms with van der Waals surface area (Å²) in [6.07, 6.45) is 6.12. The summed E-state index contributed by atoms with van der Waals surface area (Å²) in [5.74, 6) is 0.259. The number of carbonyl (C=O) groups excluding carboxylic acids is 1. The van der Waals surface area contributed by atoms with Gasteiger partial charge in [-0.2, -0.15) is 0 Å². The summed E-state index contributed by atoms with van der Waals surface area (Å²) >= 11 is 5.86. The van der Waals surface area contributed by atoms with Gasteiger partial charge in [-0.25, -0.2) is 0 Å². The molecule has 1 amide bonds. The molecule has 1 aliphatic rings. The summed E-state index contributed by atoms with van der Waals surface area (Å²) < 4.78 is 0. The minimum absolute atomic E-state index is 0.0299. The monoisotopic (exact) mass is 281 g/mol. The van der Waals surface area contributed by atoms with Crippen molar-refractivity contribution in [1.29, 1.82) is 0 Å². The van der Waals surface area contributed by atoms with E-state index < -0.39 is 0 Å². The molecule has 0 bridgehead atoms. The first-order valence-electron chi connectivity index (χ1n) is 6.87. The number of phenols is 1. The van der Waals surface area contributed by atoms with Crippen molar-refractivity contribution in [2.24, 2.45) is 5.92 Å². The van der Waals surface area contributed by atoms with E-state index in [9.17, 15) is 9.90 Å². The molecule has 1 aromatic rings. The third-order valence-electron chi connectivity index (χ3n) is 3.92. The standard InChI is InChI=1S/C15H20ClNO2/c1-10(11-5-3-2-4-6-11)17-15(19)13-9-12(16)7-8-14(13)18/h7-11,18H,2-6H2,1H3,(H,17,19). The number of amides is 1. The Bertz CT molecular complexity index is 455. The van der Waals surface area contributed by atoms with E-state index in [1.165, 1.54) is 44.2 Å². The van der Waals surface area contributed by atoms with Crippen LogP contribution in [0.2, 0.25) is 5.02 Å². The van der Waals surface area contributed by atoms with Crippen molar-refractivity contribution in [1.82, 2.24) is 5.32 Å². The minimum atomic E-state index is -0.252. The van der Waals surface area contributed by atoms with Gasteiger partial charge in [0.15, 0.2) is 0 Å². The molecule has 0 heterocycles. The van der Waals surface area contributed by atoms with Crippen molar-refractivity contribution in [3.05, 3.63) is 28.8 Å². The average molecular weight is 282 g/mol. The van der Waals surface area contributed by atoms with Gasteiger partial charge >= 0.3 is 0 Å². The highest BCUT2D eigenvalue weighted by Gasteiger charge is 2.22. The van der Waals surface area contributed by atoms with E-state index in [1.807, 2.05) is 6.92 Å². The number of hydrogen-bond donors (Lipinski definition) is 2. The van der Waals surface area contributed by atoms with E-state index >= 15 is 0 Å². The molecule has 1 unspecified atom stereocenters. The van der Waals surface area contributed by atoms with Crippen LogP contribution in [0.4, 0.5) is 0 Å². The Morgan fingerprint density at radius 3 is 2.74 bits per heavy atom. The molecule has 0 spiro atoms. The normalized spacial score (nSPS) is 18.0. The molecule has 3 nitrogen and oxygen atoms in total. The van der Waals surface area contributed by atoms with Gasteiger partial charge in [-0.15, -0.1) is 0 Å². The fourth-order valence-corrected chi connectivity index (χ4v) is 2.90. The maximum atomic E-state index is 12.1. The van der Waals surface area contributed by atoms with Gasteiger partial charge in [0, 0.05) is 11.1 Å². The maximum absolute atomic E-state index is 12.1. The maximum Gasteiger partial charge on any atom is 0.255 e. The lowest BCUT2D eigenvalue weighted by atomic mass is 9.84. The highest BCUT2D eigenvalue weighted by Crippen LogP contribution is 2.27. The van der Waals surface area contributed by atoms with Crippen LogP contribution >= 0.6 is 11.6 Å². The zero-order chi connectivity index (χ0) is 13.8. The Morgan fingerprint density at radius 2 is 2.05 bits per heavy atom. The molecule has 0 saturated heterocycles. The second-order valence-electron chi connectivity index (χ2n) is 5.32. The summed E-state index contributed by atoms with van der Waals surface area (Å²) in [4.78, 5) is 12.1. The number of hydrogen-bond acceptors (Lipinski definition) is 2. The number of carbonyl (C=O) groups is 1. The molecule has 2 rings (SSSR count). The number of phenolic OH excluding ortho intramolecular Hbond substituents is 1. The van der Waals surface area contributed by atoms with Crippen LogP contribution in [0, 0.1) is 5.92 Å². The molecule has 4 heteroatoms. The number of rotatable bonds is 3. The van der Waals surface area contributed by atoms with Gasteiger partial charge in [0.1, 0.15) is 5.75 Å². The topological polar surface area (TPSA) is 49.3 Å². The van der Waals surface area contributed by atoms with Gasteiger partial charge in [0.2, 0.25) is 0 Å². The molecule has 1 aliphatic carbocycles. The number of aromatic hydroxyl groups is 1. The van der Waals surface area contributed by atoms with Crippen LogP contribution in [0.3, 0.4) is 0 Å². The van der Waals surface area contributed by atoms with Gasteiger partial charge in [0.05, 0.1) is 5.56 Å². The summed E-state index contributed by atoms with van der Waals surface area (Å²) in [5, 5.41) is 13.1. The lowest BCUT2D eigenvalue weighted by Gasteiger charge is -2.28. The van der Waals surface area contributed by atoms with Gasteiger partial charge in [-0.1, -0.05) is 30.9 Å². The van der Waals surface area contributed by atoms with Crippen molar-refractivity contribution in [3.63, 3.8) is 0 Å². The first kappa shape index (κ1) is 14.2. The average Bonchev–Trinajstić information content (AvgIpc) is 2.42. The minimum Gasteiger partial charge on any atom is -0.507 e. The van der Waals surface area contributed by atoms with Crippen molar-refractivity contribution in [2.75, 3.05) is 0 Å². The smallest absolute Gasteiger partial charge is 0.255 e. The largest absolute Gasteiger partial charge is 0.507 e. The van der Waals surface area contributed by atoms with Gasteiger partial charge in [-0.3, -0.25) is 4.79 Å². The molecule has 0 radical (unpaired) electrons. The van der Waals surface area contributed by atoms with Crippen molar-refractivity contribution >= 4 is 17.5 Å².